The van der Waals surface area contributed by atoms with Gasteiger partial charge in [-0.05, 0) is 61.2 Å². The molecule has 2 aromatic carbocycles. The number of aryl methyl sites for hydroxylation is 2. The lowest BCUT2D eigenvalue weighted by Crippen LogP contribution is -2.49. The van der Waals surface area contributed by atoms with E-state index in [-0.39, 0.29) is 30.8 Å². The molecule has 0 fully saturated rings. The molecule has 0 aliphatic carbocycles. The quantitative estimate of drug-likeness (QED) is 0.638. The zero-order valence-electron chi connectivity index (χ0n) is 17.1. The Hall–Kier alpha value is -2.41. The van der Waals surface area contributed by atoms with Crippen LogP contribution in [-0.4, -0.2) is 36.4 Å². The topological polar surface area (TPSA) is 58.6 Å². The van der Waals surface area contributed by atoms with Crippen molar-refractivity contribution in [1.29, 1.82) is 0 Å². The van der Waals surface area contributed by atoms with Crippen molar-refractivity contribution in [3.8, 4) is 5.75 Å². The van der Waals surface area contributed by atoms with E-state index in [9.17, 15) is 14.0 Å². The Morgan fingerprint density at radius 3 is 2.28 bits per heavy atom. The van der Waals surface area contributed by atoms with Gasteiger partial charge in [0.15, 0.2) is 6.61 Å². The van der Waals surface area contributed by atoms with Crippen molar-refractivity contribution >= 4 is 27.7 Å². The highest BCUT2D eigenvalue weighted by Crippen LogP contribution is 2.26. The van der Waals surface area contributed by atoms with E-state index in [4.69, 9.17) is 4.74 Å². The predicted octanol–water partition coefficient (Wildman–Crippen LogP) is 4.14. The van der Waals surface area contributed by atoms with Crippen LogP contribution in [0, 0.1) is 19.7 Å². The Labute approximate surface area is 179 Å². The number of amides is 2. The third-order valence-corrected chi connectivity index (χ3v) is 5.92. The maximum atomic E-state index is 13.2. The summed E-state index contributed by atoms with van der Waals surface area (Å²) in [7, 11) is 1.54. The first-order valence-corrected chi connectivity index (χ1v) is 10.2. The molecule has 29 heavy (non-hydrogen) atoms. The average molecular weight is 465 g/mol. The Bertz CT molecular complexity index is 848. The number of carbonyl (C=O) groups is 2. The van der Waals surface area contributed by atoms with Crippen LogP contribution in [0.3, 0.4) is 0 Å². The summed E-state index contributed by atoms with van der Waals surface area (Å²) in [5, 5.41) is 2.60. The van der Waals surface area contributed by atoms with Crippen LogP contribution in [0.4, 0.5) is 4.39 Å². The van der Waals surface area contributed by atoms with E-state index < -0.39 is 6.04 Å². The second-order valence-corrected chi connectivity index (χ2v) is 7.64. The summed E-state index contributed by atoms with van der Waals surface area (Å²) >= 11 is 3.51. The van der Waals surface area contributed by atoms with Crippen molar-refractivity contribution in [1.82, 2.24) is 10.2 Å². The number of nitrogens with one attached hydrogen (secondary N) is 1. The van der Waals surface area contributed by atoms with Gasteiger partial charge in [-0.2, -0.15) is 0 Å². The van der Waals surface area contributed by atoms with Crippen molar-refractivity contribution in [2.24, 2.45) is 0 Å². The molecule has 0 aliphatic heterocycles. The molecule has 1 N–H and O–H groups in total. The van der Waals surface area contributed by atoms with Gasteiger partial charge in [-0.15, -0.1) is 0 Å². The average Bonchev–Trinajstić information content (AvgIpc) is 2.71. The number of likely N-dealkylation sites (N-methyl/N-ethyl adjacent to an activating group) is 1. The summed E-state index contributed by atoms with van der Waals surface area (Å²) in [4.78, 5) is 26.8. The molecule has 0 saturated carbocycles. The molecule has 1 atom stereocenters. The van der Waals surface area contributed by atoms with E-state index in [1.807, 2.05) is 32.9 Å². The Kier molecular flexibility index (Phi) is 8.20. The molecule has 2 rings (SSSR count). The van der Waals surface area contributed by atoms with Crippen LogP contribution < -0.4 is 10.1 Å². The molecule has 0 saturated heterocycles. The number of halogens is 2. The van der Waals surface area contributed by atoms with Gasteiger partial charge in [0, 0.05) is 18.1 Å². The third kappa shape index (κ3) is 6.03. The van der Waals surface area contributed by atoms with E-state index in [0.717, 1.165) is 21.2 Å². The van der Waals surface area contributed by atoms with Crippen molar-refractivity contribution in [2.45, 2.75) is 39.8 Å². The number of carbonyl (C=O) groups excluding carboxylic acids is 2. The molecule has 0 bridgehead atoms. The van der Waals surface area contributed by atoms with Crippen LogP contribution in [0.25, 0.3) is 0 Å². The van der Waals surface area contributed by atoms with Gasteiger partial charge in [-0.3, -0.25) is 9.59 Å². The smallest absolute Gasteiger partial charge is 0.261 e. The number of hydrogen-bond donors (Lipinski definition) is 1. The molecule has 0 heterocycles. The zero-order chi connectivity index (χ0) is 21.6. The minimum atomic E-state index is -0.644. The standard InChI is InChI=1S/C22H26BrFN2O3/c1-5-19(22(28)25-4)26(12-16-6-8-17(24)9-7-16)20(27)13-29-18-10-14(2)21(23)15(3)11-18/h6-11,19H,5,12-13H2,1-4H3,(H,25,28). The van der Waals surface area contributed by atoms with Crippen LogP contribution >= 0.6 is 15.9 Å². The van der Waals surface area contributed by atoms with Gasteiger partial charge in [-0.25, -0.2) is 4.39 Å². The summed E-state index contributed by atoms with van der Waals surface area (Å²) in [5.41, 5.74) is 2.75. The van der Waals surface area contributed by atoms with E-state index in [2.05, 4.69) is 21.2 Å². The van der Waals surface area contributed by atoms with Gasteiger partial charge >= 0.3 is 0 Å². The van der Waals surface area contributed by atoms with Gasteiger partial charge in [0.25, 0.3) is 5.91 Å². The number of ether oxygens (including phenoxy) is 1. The van der Waals surface area contributed by atoms with Crippen LogP contribution in [-0.2, 0) is 16.1 Å². The predicted molar refractivity (Wildman–Crippen MR) is 114 cm³/mol. The van der Waals surface area contributed by atoms with Crippen LogP contribution in [0.5, 0.6) is 5.75 Å². The Morgan fingerprint density at radius 1 is 1.17 bits per heavy atom. The molecule has 2 amide bonds. The minimum absolute atomic E-state index is 0.187. The molecule has 7 heteroatoms. The molecule has 0 aromatic heterocycles. The highest BCUT2D eigenvalue weighted by atomic mass is 79.9. The normalized spacial score (nSPS) is 11.7. The van der Waals surface area contributed by atoms with Crippen LogP contribution in [0.2, 0.25) is 0 Å². The minimum Gasteiger partial charge on any atom is -0.484 e. The zero-order valence-corrected chi connectivity index (χ0v) is 18.7. The molecule has 1 unspecified atom stereocenters. The third-order valence-electron chi connectivity index (χ3n) is 4.67. The number of rotatable bonds is 8. The van der Waals surface area contributed by atoms with Crippen molar-refractivity contribution in [2.75, 3.05) is 13.7 Å². The summed E-state index contributed by atoms with van der Waals surface area (Å²) in [6.45, 7) is 5.73. The largest absolute Gasteiger partial charge is 0.484 e. The molecule has 156 valence electrons. The highest BCUT2D eigenvalue weighted by Gasteiger charge is 2.28. The van der Waals surface area contributed by atoms with Gasteiger partial charge < -0.3 is 15.0 Å². The molecule has 0 aliphatic rings. The molecule has 0 radical (unpaired) electrons. The molecule has 5 nitrogen and oxygen atoms in total. The molecular weight excluding hydrogens is 439 g/mol. The molecule has 0 spiro atoms. The number of hydrogen-bond acceptors (Lipinski definition) is 3. The van der Waals surface area contributed by atoms with Crippen molar-refractivity contribution in [3.63, 3.8) is 0 Å². The van der Waals surface area contributed by atoms with E-state index >= 15 is 0 Å². The molecule has 2 aromatic rings. The van der Waals surface area contributed by atoms with Crippen LogP contribution in [0.1, 0.15) is 30.0 Å². The maximum absolute atomic E-state index is 13.2. The SMILES string of the molecule is CCC(C(=O)NC)N(Cc1ccc(F)cc1)C(=O)COc1cc(C)c(Br)c(C)c1. The lowest BCUT2D eigenvalue weighted by molar-refractivity contribution is -0.142. The fourth-order valence-corrected chi connectivity index (χ4v) is 3.32. The number of nitrogens with zero attached hydrogens (tertiary/aromatic N) is 1. The van der Waals surface area contributed by atoms with Gasteiger partial charge in [0.2, 0.25) is 5.91 Å². The first-order valence-electron chi connectivity index (χ1n) is 9.41. The Balaban J connectivity index is 2.21. The lowest BCUT2D eigenvalue weighted by Gasteiger charge is -2.30. The van der Waals surface area contributed by atoms with Crippen molar-refractivity contribution < 1.29 is 18.7 Å². The first-order chi connectivity index (χ1) is 13.8. The fraction of sp³-hybridized carbons (Fsp3) is 0.364. The highest BCUT2D eigenvalue weighted by molar-refractivity contribution is 9.10. The fourth-order valence-electron chi connectivity index (χ4n) is 3.09. The lowest BCUT2D eigenvalue weighted by atomic mass is 10.1. The number of benzene rings is 2. The van der Waals surface area contributed by atoms with Gasteiger partial charge in [0.05, 0.1) is 0 Å². The van der Waals surface area contributed by atoms with E-state index in [1.54, 1.807) is 12.1 Å². The van der Waals surface area contributed by atoms with Gasteiger partial charge in [-0.1, -0.05) is 35.0 Å². The summed E-state index contributed by atoms with van der Waals surface area (Å²) in [6, 6.07) is 8.94. The van der Waals surface area contributed by atoms with E-state index in [0.29, 0.717) is 12.2 Å². The molecular formula is C22H26BrFN2O3. The van der Waals surface area contributed by atoms with Gasteiger partial charge in [0.1, 0.15) is 17.6 Å². The second-order valence-electron chi connectivity index (χ2n) is 6.85. The monoisotopic (exact) mass is 464 g/mol. The first kappa shape index (κ1) is 22.9. The van der Waals surface area contributed by atoms with Crippen LogP contribution in [0.15, 0.2) is 40.9 Å². The summed E-state index contributed by atoms with van der Waals surface area (Å²) < 4.78 is 20.0. The second kappa shape index (κ2) is 10.4. The summed E-state index contributed by atoms with van der Waals surface area (Å²) in [5.74, 6) is -0.332. The Morgan fingerprint density at radius 2 is 1.76 bits per heavy atom. The maximum Gasteiger partial charge on any atom is 0.261 e. The van der Waals surface area contributed by atoms with Crippen molar-refractivity contribution in [3.05, 3.63) is 63.4 Å². The summed E-state index contributed by atoms with van der Waals surface area (Å²) in [6.07, 6.45) is 0.448. The van der Waals surface area contributed by atoms with E-state index in [1.165, 1.54) is 24.1 Å².